The first-order valence-corrected chi connectivity index (χ1v) is 10.6. The molecule has 0 bridgehead atoms. The lowest BCUT2D eigenvalue weighted by atomic mass is 10.1. The summed E-state index contributed by atoms with van der Waals surface area (Å²) in [5.74, 6) is 1.10. The van der Waals surface area contributed by atoms with Gasteiger partial charge >= 0.3 is 6.03 Å². The van der Waals surface area contributed by atoms with Crippen LogP contribution in [0.5, 0.6) is 11.5 Å². The van der Waals surface area contributed by atoms with Gasteiger partial charge in [-0.1, -0.05) is 18.2 Å². The van der Waals surface area contributed by atoms with Crippen LogP contribution in [0.2, 0.25) is 0 Å². The number of H-pyrrole nitrogens is 1. The molecule has 1 unspecified atom stereocenters. The number of anilines is 1. The van der Waals surface area contributed by atoms with Gasteiger partial charge in [0.25, 0.3) is 5.56 Å². The van der Waals surface area contributed by atoms with Crippen molar-refractivity contribution < 1.29 is 19.0 Å². The van der Waals surface area contributed by atoms with Gasteiger partial charge in [-0.25, -0.2) is 4.79 Å². The minimum absolute atomic E-state index is 0.0413. The number of nitrogens with zero attached hydrogens (tertiary/aromatic N) is 1. The fourth-order valence-electron chi connectivity index (χ4n) is 3.88. The zero-order valence-electron chi connectivity index (χ0n) is 18.2. The molecule has 32 heavy (non-hydrogen) atoms. The number of para-hydroxylation sites is 1. The molecule has 2 amide bonds. The molecule has 3 aromatic rings. The van der Waals surface area contributed by atoms with E-state index in [4.69, 9.17) is 14.2 Å². The van der Waals surface area contributed by atoms with Crippen molar-refractivity contribution in [1.29, 1.82) is 0 Å². The zero-order valence-corrected chi connectivity index (χ0v) is 18.2. The topological polar surface area (TPSA) is 92.9 Å². The molecule has 2 aromatic carbocycles. The van der Waals surface area contributed by atoms with E-state index >= 15 is 0 Å². The molecular weight excluding hydrogens is 410 g/mol. The Balaban J connectivity index is 1.63. The van der Waals surface area contributed by atoms with Gasteiger partial charge in [-0.05, 0) is 37.1 Å². The van der Waals surface area contributed by atoms with E-state index in [1.807, 2.05) is 36.4 Å². The van der Waals surface area contributed by atoms with Crippen molar-refractivity contribution in [2.75, 3.05) is 32.7 Å². The van der Waals surface area contributed by atoms with Gasteiger partial charge in [0.2, 0.25) is 0 Å². The SMILES string of the molecule is COc1cc2cc(CN(CC3CCCO3)C(=O)Nc3ccccc3)c(=O)[nH]c2cc1OC. The van der Waals surface area contributed by atoms with Crippen LogP contribution in [0.25, 0.3) is 10.9 Å². The number of benzene rings is 2. The van der Waals surface area contributed by atoms with E-state index in [1.54, 1.807) is 31.3 Å². The first-order valence-electron chi connectivity index (χ1n) is 10.6. The summed E-state index contributed by atoms with van der Waals surface area (Å²) in [6.07, 6.45) is 1.82. The fourth-order valence-corrected chi connectivity index (χ4v) is 3.88. The molecule has 0 aliphatic carbocycles. The number of hydrogen-bond donors (Lipinski definition) is 2. The second-order valence-corrected chi connectivity index (χ2v) is 7.73. The van der Waals surface area contributed by atoms with Crippen molar-refractivity contribution in [2.45, 2.75) is 25.5 Å². The van der Waals surface area contributed by atoms with Crippen molar-refractivity contribution in [3.05, 3.63) is 64.4 Å². The predicted molar refractivity (Wildman–Crippen MR) is 123 cm³/mol. The Morgan fingerprint density at radius 2 is 1.91 bits per heavy atom. The summed E-state index contributed by atoms with van der Waals surface area (Å²) in [4.78, 5) is 30.4. The number of amides is 2. The first-order chi connectivity index (χ1) is 15.6. The highest BCUT2D eigenvalue weighted by Crippen LogP contribution is 2.31. The maximum atomic E-state index is 13.1. The van der Waals surface area contributed by atoms with E-state index in [9.17, 15) is 9.59 Å². The van der Waals surface area contributed by atoms with Crippen LogP contribution >= 0.6 is 0 Å². The Labute approximate surface area is 186 Å². The summed E-state index contributed by atoms with van der Waals surface area (Å²) in [7, 11) is 3.11. The van der Waals surface area contributed by atoms with E-state index in [0.29, 0.717) is 41.4 Å². The van der Waals surface area contributed by atoms with Crippen molar-refractivity contribution in [2.24, 2.45) is 0 Å². The molecule has 1 aliphatic rings. The van der Waals surface area contributed by atoms with Crippen molar-refractivity contribution in [3.8, 4) is 11.5 Å². The summed E-state index contributed by atoms with van der Waals surface area (Å²) < 4.78 is 16.4. The summed E-state index contributed by atoms with van der Waals surface area (Å²) in [6, 6.07) is 14.3. The number of carbonyl (C=O) groups is 1. The van der Waals surface area contributed by atoms with Crippen molar-refractivity contribution >= 4 is 22.6 Å². The second kappa shape index (κ2) is 9.74. The third kappa shape index (κ3) is 4.86. The molecule has 1 saturated heterocycles. The third-order valence-electron chi connectivity index (χ3n) is 5.55. The molecule has 1 aromatic heterocycles. The van der Waals surface area contributed by atoms with Crippen LogP contribution in [-0.2, 0) is 11.3 Å². The van der Waals surface area contributed by atoms with Crippen molar-refractivity contribution in [3.63, 3.8) is 0 Å². The molecule has 168 valence electrons. The van der Waals surface area contributed by atoms with Crippen LogP contribution in [0.4, 0.5) is 10.5 Å². The van der Waals surface area contributed by atoms with Crippen LogP contribution in [0, 0.1) is 0 Å². The zero-order chi connectivity index (χ0) is 22.5. The largest absolute Gasteiger partial charge is 0.493 e. The lowest BCUT2D eigenvalue weighted by Gasteiger charge is -2.25. The van der Waals surface area contributed by atoms with Crippen LogP contribution in [0.3, 0.4) is 0 Å². The standard InChI is InChI=1S/C24H27N3O5/c1-30-21-12-16-11-17(23(28)26-20(16)13-22(21)31-2)14-27(15-19-9-6-10-32-19)24(29)25-18-7-4-3-5-8-18/h3-5,7-8,11-13,19H,6,9-10,14-15H2,1-2H3,(H,25,29)(H,26,28). The van der Waals surface area contributed by atoms with Gasteiger partial charge < -0.3 is 29.4 Å². The Morgan fingerprint density at radius 3 is 2.59 bits per heavy atom. The number of urea groups is 1. The molecule has 8 heteroatoms. The molecule has 2 heterocycles. The Hall–Kier alpha value is -3.52. The number of hydrogen-bond acceptors (Lipinski definition) is 5. The number of nitrogens with one attached hydrogen (secondary N) is 2. The highest BCUT2D eigenvalue weighted by atomic mass is 16.5. The van der Waals surface area contributed by atoms with E-state index in [-0.39, 0.29) is 24.2 Å². The first kappa shape index (κ1) is 21.7. The molecule has 2 N–H and O–H groups in total. The number of carbonyl (C=O) groups excluding carboxylic acids is 1. The second-order valence-electron chi connectivity index (χ2n) is 7.73. The number of rotatable bonds is 7. The molecular formula is C24H27N3O5. The fraction of sp³-hybridized carbons (Fsp3) is 0.333. The van der Waals surface area contributed by atoms with Crippen LogP contribution < -0.4 is 20.3 Å². The number of fused-ring (bicyclic) bond motifs is 1. The average molecular weight is 437 g/mol. The molecule has 0 saturated carbocycles. The Bertz CT molecular complexity index is 1140. The third-order valence-corrected chi connectivity index (χ3v) is 5.55. The van der Waals surface area contributed by atoms with Gasteiger partial charge in [0.1, 0.15) is 0 Å². The summed E-state index contributed by atoms with van der Waals surface area (Å²) >= 11 is 0. The Morgan fingerprint density at radius 1 is 1.16 bits per heavy atom. The van der Waals surface area contributed by atoms with E-state index in [2.05, 4.69) is 10.3 Å². The van der Waals surface area contributed by atoms with Gasteiger partial charge in [0, 0.05) is 35.9 Å². The van der Waals surface area contributed by atoms with Crippen LogP contribution in [-0.4, -0.2) is 49.4 Å². The maximum Gasteiger partial charge on any atom is 0.322 e. The van der Waals surface area contributed by atoms with Gasteiger partial charge in [-0.2, -0.15) is 0 Å². The Kier molecular flexibility index (Phi) is 6.61. The summed E-state index contributed by atoms with van der Waals surface area (Å²) in [5, 5.41) is 3.70. The monoisotopic (exact) mass is 437 g/mol. The van der Waals surface area contributed by atoms with E-state index in [0.717, 1.165) is 18.2 Å². The highest BCUT2D eigenvalue weighted by Gasteiger charge is 2.24. The number of pyridine rings is 1. The quantitative estimate of drug-likeness (QED) is 0.587. The summed E-state index contributed by atoms with van der Waals surface area (Å²) in [6.45, 7) is 1.25. The molecule has 1 atom stereocenters. The molecule has 4 rings (SSSR count). The highest BCUT2D eigenvalue weighted by molar-refractivity contribution is 5.89. The van der Waals surface area contributed by atoms with E-state index < -0.39 is 0 Å². The molecule has 8 nitrogen and oxygen atoms in total. The normalized spacial score (nSPS) is 15.5. The number of aromatic amines is 1. The predicted octanol–water partition coefficient (Wildman–Crippen LogP) is 3.76. The average Bonchev–Trinajstić information content (AvgIpc) is 3.32. The lowest BCUT2D eigenvalue weighted by molar-refractivity contribution is 0.0818. The van der Waals surface area contributed by atoms with Crippen LogP contribution in [0.15, 0.2) is 53.3 Å². The number of ether oxygens (including phenoxy) is 3. The molecule has 1 aliphatic heterocycles. The lowest BCUT2D eigenvalue weighted by Crippen LogP contribution is -2.40. The smallest absolute Gasteiger partial charge is 0.322 e. The molecule has 0 spiro atoms. The van der Waals surface area contributed by atoms with Crippen molar-refractivity contribution in [1.82, 2.24) is 9.88 Å². The van der Waals surface area contributed by atoms with E-state index in [1.165, 1.54) is 0 Å². The maximum absolute atomic E-state index is 13.1. The minimum atomic E-state index is -0.279. The summed E-state index contributed by atoms with van der Waals surface area (Å²) in [5.41, 5.74) is 1.55. The number of aromatic nitrogens is 1. The van der Waals surface area contributed by atoms with Gasteiger partial charge in [0.05, 0.1) is 32.4 Å². The van der Waals surface area contributed by atoms with Crippen LogP contribution in [0.1, 0.15) is 18.4 Å². The van der Waals surface area contributed by atoms with Gasteiger partial charge in [-0.15, -0.1) is 0 Å². The number of methoxy groups -OCH3 is 2. The molecule has 0 radical (unpaired) electrons. The minimum Gasteiger partial charge on any atom is -0.493 e. The van der Waals surface area contributed by atoms with Gasteiger partial charge in [-0.3, -0.25) is 4.79 Å². The molecule has 1 fully saturated rings. The van der Waals surface area contributed by atoms with Gasteiger partial charge in [0.15, 0.2) is 11.5 Å².